The van der Waals surface area contributed by atoms with Crippen LogP contribution in [0.5, 0.6) is 11.5 Å². The number of benzene rings is 1. The van der Waals surface area contributed by atoms with Crippen molar-refractivity contribution in [1.29, 1.82) is 0 Å². The Morgan fingerprint density at radius 3 is 2.82 bits per heavy atom. The van der Waals surface area contributed by atoms with Crippen molar-refractivity contribution in [3.05, 3.63) is 35.3 Å². The van der Waals surface area contributed by atoms with Crippen LogP contribution in [0.15, 0.2) is 29.8 Å². The third kappa shape index (κ3) is 3.96. The summed E-state index contributed by atoms with van der Waals surface area (Å²) in [6, 6.07) is 5.14. The predicted molar refractivity (Wildman–Crippen MR) is 108 cm³/mol. The molecule has 1 fully saturated rings. The van der Waals surface area contributed by atoms with Crippen molar-refractivity contribution in [2.45, 2.75) is 32.2 Å². The van der Waals surface area contributed by atoms with Crippen LogP contribution in [-0.2, 0) is 9.59 Å². The Labute approximate surface area is 168 Å². The minimum atomic E-state index is -0.533. The van der Waals surface area contributed by atoms with Gasteiger partial charge in [-0.1, -0.05) is 25.5 Å². The number of nitrogens with zero attached hydrogens (tertiary/aromatic N) is 2. The number of amides is 2. The van der Waals surface area contributed by atoms with Crippen molar-refractivity contribution >= 4 is 28.3 Å². The predicted octanol–water partition coefficient (Wildman–Crippen LogP) is 3.49. The van der Waals surface area contributed by atoms with Gasteiger partial charge < -0.3 is 19.7 Å². The number of hydrogen-bond donors (Lipinski definition) is 1. The summed E-state index contributed by atoms with van der Waals surface area (Å²) in [6.45, 7) is 2.68. The van der Waals surface area contributed by atoms with Crippen LogP contribution in [0, 0.1) is 5.92 Å². The molecule has 0 spiro atoms. The largest absolute Gasteiger partial charge is 0.493 e. The minimum absolute atomic E-state index is 0.0254. The lowest BCUT2D eigenvalue weighted by Crippen LogP contribution is -2.33. The maximum atomic E-state index is 13.0. The van der Waals surface area contributed by atoms with Crippen LogP contribution in [0.25, 0.3) is 0 Å². The molecular formula is C20H25N3O4S. The zero-order valence-electron chi connectivity index (χ0n) is 16.3. The van der Waals surface area contributed by atoms with Gasteiger partial charge in [0.05, 0.1) is 26.2 Å². The van der Waals surface area contributed by atoms with Gasteiger partial charge in [-0.25, -0.2) is 4.98 Å². The Morgan fingerprint density at radius 1 is 1.36 bits per heavy atom. The van der Waals surface area contributed by atoms with Crippen LogP contribution in [0.1, 0.15) is 37.8 Å². The minimum Gasteiger partial charge on any atom is -0.493 e. The number of likely N-dealkylation sites (tertiary alicyclic amines) is 1. The monoisotopic (exact) mass is 403 g/mol. The molecule has 1 saturated heterocycles. The average Bonchev–Trinajstić information content (AvgIpc) is 3.33. The smallest absolute Gasteiger partial charge is 0.232 e. The zero-order chi connectivity index (χ0) is 20.1. The van der Waals surface area contributed by atoms with Crippen molar-refractivity contribution < 1.29 is 19.1 Å². The second-order valence-corrected chi connectivity index (χ2v) is 7.50. The van der Waals surface area contributed by atoms with Crippen LogP contribution in [-0.4, -0.2) is 42.5 Å². The quantitative estimate of drug-likeness (QED) is 0.730. The number of carbonyl (C=O) groups is 2. The molecule has 8 heteroatoms. The maximum absolute atomic E-state index is 13.0. The molecule has 7 nitrogen and oxygen atoms in total. The van der Waals surface area contributed by atoms with E-state index >= 15 is 0 Å². The lowest BCUT2D eigenvalue weighted by molar-refractivity contribution is -0.129. The number of anilines is 1. The van der Waals surface area contributed by atoms with E-state index in [1.54, 1.807) is 36.8 Å². The first-order chi connectivity index (χ1) is 13.6. The van der Waals surface area contributed by atoms with Gasteiger partial charge in [0.2, 0.25) is 11.8 Å². The fraction of sp³-hybridized carbons (Fsp3) is 0.450. The molecule has 1 aromatic carbocycles. The highest BCUT2D eigenvalue weighted by molar-refractivity contribution is 7.13. The summed E-state index contributed by atoms with van der Waals surface area (Å²) < 4.78 is 11.0. The summed E-state index contributed by atoms with van der Waals surface area (Å²) in [6.07, 6.45) is 3.62. The second-order valence-electron chi connectivity index (χ2n) is 6.61. The zero-order valence-corrected chi connectivity index (χ0v) is 17.1. The molecule has 3 rings (SSSR count). The van der Waals surface area contributed by atoms with E-state index in [1.807, 2.05) is 12.1 Å². The number of unbranched alkanes of at least 4 members (excludes halogenated alkanes) is 1. The molecule has 2 aromatic rings. The number of nitrogens with one attached hydrogen (secondary N) is 1. The van der Waals surface area contributed by atoms with E-state index < -0.39 is 12.0 Å². The summed E-state index contributed by atoms with van der Waals surface area (Å²) in [7, 11) is 3.14. The number of methoxy groups -OCH3 is 2. The van der Waals surface area contributed by atoms with E-state index in [1.165, 1.54) is 11.3 Å². The summed E-state index contributed by atoms with van der Waals surface area (Å²) in [5.74, 6) is 0.362. The van der Waals surface area contributed by atoms with Crippen LogP contribution >= 0.6 is 11.3 Å². The number of para-hydroxylation sites is 1. The molecule has 2 amide bonds. The van der Waals surface area contributed by atoms with Crippen LogP contribution < -0.4 is 14.8 Å². The number of rotatable bonds is 8. The molecule has 1 aliphatic heterocycles. The van der Waals surface area contributed by atoms with Gasteiger partial charge in [-0.2, -0.15) is 0 Å². The fourth-order valence-corrected chi connectivity index (χ4v) is 4.16. The standard InChI is InChI=1S/C20H25N3O4S/c1-4-5-10-23-16(24)12-14(19(25)22-20-21-9-11-28-20)17(23)13-7-6-8-15(26-2)18(13)27-3/h6-9,11,14,17H,4-5,10,12H2,1-3H3,(H,21,22,25)/t14-,17+/m1/s1. The molecule has 0 saturated carbocycles. The number of hydrogen-bond acceptors (Lipinski definition) is 6. The van der Waals surface area contributed by atoms with Crippen molar-refractivity contribution in [2.75, 3.05) is 26.1 Å². The molecule has 28 heavy (non-hydrogen) atoms. The molecule has 2 heterocycles. The van der Waals surface area contributed by atoms with Gasteiger partial charge in [-0.15, -0.1) is 11.3 Å². The van der Waals surface area contributed by atoms with Gasteiger partial charge in [-0.05, 0) is 12.5 Å². The molecule has 0 radical (unpaired) electrons. The van der Waals surface area contributed by atoms with Crippen LogP contribution in [0.3, 0.4) is 0 Å². The third-order valence-electron chi connectivity index (χ3n) is 4.94. The summed E-state index contributed by atoms with van der Waals surface area (Å²) in [4.78, 5) is 31.7. The van der Waals surface area contributed by atoms with Crippen LogP contribution in [0.4, 0.5) is 5.13 Å². The summed E-state index contributed by atoms with van der Waals surface area (Å²) in [5, 5.41) is 5.17. The second kappa shape index (κ2) is 9.05. The van der Waals surface area contributed by atoms with E-state index in [4.69, 9.17) is 9.47 Å². The van der Waals surface area contributed by atoms with E-state index in [-0.39, 0.29) is 18.2 Å². The molecule has 2 atom stereocenters. The molecular weight excluding hydrogens is 378 g/mol. The molecule has 1 aromatic heterocycles. The highest BCUT2D eigenvalue weighted by atomic mass is 32.1. The van der Waals surface area contributed by atoms with Crippen molar-refractivity contribution in [1.82, 2.24) is 9.88 Å². The van der Waals surface area contributed by atoms with Crippen molar-refractivity contribution in [2.24, 2.45) is 5.92 Å². The number of ether oxygens (including phenoxy) is 2. The molecule has 0 unspecified atom stereocenters. The Morgan fingerprint density at radius 2 is 2.18 bits per heavy atom. The number of aromatic nitrogens is 1. The Kier molecular flexibility index (Phi) is 6.51. The lowest BCUT2D eigenvalue weighted by atomic mass is 9.91. The lowest BCUT2D eigenvalue weighted by Gasteiger charge is -2.29. The van der Waals surface area contributed by atoms with E-state index in [0.717, 1.165) is 18.4 Å². The van der Waals surface area contributed by atoms with Crippen molar-refractivity contribution in [3.8, 4) is 11.5 Å². The topological polar surface area (TPSA) is 80.8 Å². The van der Waals surface area contributed by atoms with E-state index in [9.17, 15) is 9.59 Å². The first-order valence-corrected chi connectivity index (χ1v) is 10.2. The third-order valence-corrected chi connectivity index (χ3v) is 5.62. The highest BCUT2D eigenvalue weighted by Crippen LogP contribution is 2.45. The molecule has 1 aliphatic rings. The Balaban J connectivity index is 1.99. The van der Waals surface area contributed by atoms with Gasteiger partial charge in [-0.3, -0.25) is 9.59 Å². The van der Waals surface area contributed by atoms with Gasteiger partial charge in [0, 0.05) is 30.1 Å². The van der Waals surface area contributed by atoms with Gasteiger partial charge >= 0.3 is 0 Å². The summed E-state index contributed by atoms with van der Waals surface area (Å²) >= 11 is 1.35. The normalized spacial score (nSPS) is 19.0. The molecule has 0 aliphatic carbocycles. The fourth-order valence-electron chi connectivity index (χ4n) is 3.63. The Hall–Kier alpha value is -2.61. The van der Waals surface area contributed by atoms with Gasteiger partial charge in [0.25, 0.3) is 0 Å². The highest BCUT2D eigenvalue weighted by Gasteiger charge is 2.45. The molecule has 150 valence electrons. The van der Waals surface area contributed by atoms with Crippen molar-refractivity contribution in [3.63, 3.8) is 0 Å². The first kappa shape index (κ1) is 20.1. The maximum Gasteiger partial charge on any atom is 0.232 e. The Bertz CT molecular complexity index is 825. The van der Waals surface area contributed by atoms with Crippen LogP contribution in [0.2, 0.25) is 0 Å². The molecule has 1 N–H and O–H groups in total. The first-order valence-electron chi connectivity index (χ1n) is 9.31. The van der Waals surface area contributed by atoms with Gasteiger partial charge in [0.1, 0.15) is 0 Å². The average molecular weight is 404 g/mol. The van der Waals surface area contributed by atoms with E-state index in [2.05, 4.69) is 17.2 Å². The SMILES string of the molecule is CCCCN1C(=O)C[C@@H](C(=O)Nc2nccs2)[C@@H]1c1cccc(OC)c1OC. The van der Waals surface area contributed by atoms with Gasteiger partial charge in [0.15, 0.2) is 16.6 Å². The molecule has 0 bridgehead atoms. The number of thiazole rings is 1. The van der Waals surface area contributed by atoms with E-state index in [0.29, 0.717) is 23.2 Å². The number of carbonyl (C=O) groups excluding carboxylic acids is 2. The summed E-state index contributed by atoms with van der Waals surface area (Å²) in [5.41, 5.74) is 0.781.